The van der Waals surface area contributed by atoms with Crippen LogP contribution in [0.1, 0.15) is 32.6 Å². The molecule has 0 heterocycles. The molecule has 4 aromatic rings. The Morgan fingerprint density at radius 1 is 0.621 bits per heavy atom. The van der Waals surface area contributed by atoms with Crippen LogP contribution in [0.5, 0.6) is 5.75 Å². The molecular formula is C26H19O3-. The van der Waals surface area contributed by atoms with Crippen molar-refractivity contribution in [2.24, 2.45) is 0 Å². The first-order valence-corrected chi connectivity index (χ1v) is 9.35. The van der Waals surface area contributed by atoms with Crippen LogP contribution in [0.2, 0.25) is 0 Å². The third-order valence-electron chi connectivity index (χ3n) is 5.26. The number of carboxylic acid groups (broad SMARTS) is 1. The molecule has 0 atom stereocenters. The van der Waals surface area contributed by atoms with E-state index in [9.17, 15) is 15.0 Å². The van der Waals surface area contributed by atoms with E-state index in [2.05, 4.69) is 0 Å². The first-order valence-electron chi connectivity index (χ1n) is 9.35. The lowest BCUT2D eigenvalue weighted by Gasteiger charge is -2.37. The van der Waals surface area contributed by atoms with Crippen molar-refractivity contribution in [2.75, 3.05) is 0 Å². The lowest BCUT2D eigenvalue weighted by Crippen LogP contribution is -2.31. The molecule has 0 saturated carbocycles. The van der Waals surface area contributed by atoms with Crippen LogP contribution >= 0.6 is 0 Å². The number of rotatable bonds is 5. The standard InChI is InChI=1S/C26H20O3/c27-24-17-16-22(18-23(24)25(28)29)26(19-10-4-1-5-11-19,20-12-6-2-7-13-20)21-14-8-3-9-15-21/h1-18,27H,(H,28,29)/p-1. The van der Waals surface area contributed by atoms with Crippen LogP contribution in [-0.4, -0.2) is 11.1 Å². The fourth-order valence-electron chi connectivity index (χ4n) is 3.99. The van der Waals surface area contributed by atoms with Crippen LogP contribution in [0.4, 0.5) is 0 Å². The van der Waals surface area contributed by atoms with Crippen molar-refractivity contribution < 1.29 is 15.0 Å². The second-order valence-corrected chi connectivity index (χ2v) is 6.86. The smallest absolute Gasteiger partial charge is 0.335 e. The second-order valence-electron chi connectivity index (χ2n) is 6.86. The van der Waals surface area contributed by atoms with E-state index in [4.69, 9.17) is 0 Å². The van der Waals surface area contributed by atoms with Gasteiger partial charge in [0.1, 0.15) is 0 Å². The van der Waals surface area contributed by atoms with Gasteiger partial charge in [-0.2, -0.15) is 0 Å². The minimum absolute atomic E-state index is 0.227. The largest absolute Gasteiger partial charge is 0.872 e. The molecule has 4 aromatic carbocycles. The van der Waals surface area contributed by atoms with E-state index in [1.807, 2.05) is 91.0 Å². The van der Waals surface area contributed by atoms with Crippen molar-refractivity contribution in [1.82, 2.24) is 0 Å². The Bertz CT molecular complexity index is 1020. The zero-order valence-corrected chi connectivity index (χ0v) is 15.7. The molecule has 3 heteroatoms. The van der Waals surface area contributed by atoms with Gasteiger partial charge in [-0.05, 0) is 28.3 Å². The first-order chi connectivity index (χ1) is 14.1. The Labute approximate surface area is 169 Å². The number of carboxylic acids is 1. The molecule has 0 radical (unpaired) electrons. The molecule has 0 fully saturated rings. The Morgan fingerprint density at radius 3 is 1.41 bits per heavy atom. The van der Waals surface area contributed by atoms with Gasteiger partial charge in [-0.15, -0.1) is 0 Å². The summed E-state index contributed by atoms with van der Waals surface area (Å²) in [5, 5.41) is 21.7. The van der Waals surface area contributed by atoms with Gasteiger partial charge < -0.3 is 10.2 Å². The third kappa shape index (κ3) is 3.17. The molecule has 0 saturated heterocycles. The van der Waals surface area contributed by atoms with Crippen LogP contribution in [0.3, 0.4) is 0 Å². The van der Waals surface area contributed by atoms with Gasteiger partial charge in [-0.3, -0.25) is 0 Å². The summed E-state index contributed by atoms with van der Waals surface area (Å²) in [6.45, 7) is 0. The maximum absolute atomic E-state index is 12.2. The van der Waals surface area contributed by atoms with Gasteiger partial charge in [0, 0.05) is 0 Å². The highest BCUT2D eigenvalue weighted by Gasteiger charge is 2.38. The van der Waals surface area contributed by atoms with E-state index in [0.717, 1.165) is 22.3 Å². The molecule has 0 bridgehead atoms. The normalized spacial score (nSPS) is 11.2. The minimum atomic E-state index is -1.22. The SMILES string of the molecule is O=C(O)c1cc(C(c2ccccc2)(c2ccccc2)c2ccccc2)ccc1[O-]. The summed E-state index contributed by atoms with van der Waals surface area (Å²) in [6, 6.07) is 34.5. The van der Waals surface area contributed by atoms with Crippen LogP contribution < -0.4 is 5.11 Å². The van der Waals surface area contributed by atoms with Crippen molar-refractivity contribution in [3.8, 4) is 5.75 Å². The summed E-state index contributed by atoms with van der Waals surface area (Å²) in [4.78, 5) is 11.7. The molecule has 0 unspecified atom stereocenters. The number of carbonyl (C=O) groups is 1. The van der Waals surface area contributed by atoms with Crippen molar-refractivity contribution in [3.05, 3.63) is 137 Å². The molecule has 0 aromatic heterocycles. The molecule has 0 aliphatic rings. The third-order valence-corrected chi connectivity index (χ3v) is 5.26. The molecular weight excluding hydrogens is 360 g/mol. The minimum Gasteiger partial charge on any atom is -0.872 e. The second kappa shape index (κ2) is 7.64. The van der Waals surface area contributed by atoms with Crippen molar-refractivity contribution >= 4 is 5.97 Å². The van der Waals surface area contributed by atoms with Crippen LogP contribution in [0.15, 0.2) is 109 Å². The fraction of sp³-hybridized carbons (Fsp3) is 0.0385. The maximum Gasteiger partial charge on any atom is 0.335 e. The quantitative estimate of drug-likeness (QED) is 0.505. The molecule has 3 nitrogen and oxygen atoms in total. The average molecular weight is 379 g/mol. The number of hydrogen-bond donors (Lipinski definition) is 1. The summed E-state index contributed by atoms with van der Waals surface area (Å²) in [6.07, 6.45) is 0. The average Bonchev–Trinajstić information content (AvgIpc) is 2.77. The lowest BCUT2D eigenvalue weighted by atomic mass is 9.65. The Morgan fingerprint density at radius 2 is 1.03 bits per heavy atom. The molecule has 0 amide bonds. The zero-order chi connectivity index (χ0) is 20.3. The van der Waals surface area contributed by atoms with Gasteiger partial charge in [0.2, 0.25) is 0 Å². The van der Waals surface area contributed by atoms with E-state index in [0.29, 0.717) is 0 Å². The van der Waals surface area contributed by atoms with E-state index < -0.39 is 17.1 Å². The van der Waals surface area contributed by atoms with Crippen LogP contribution in [-0.2, 0) is 5.41 Å². The fourth-order valence-corrected chi connectivity index (χ4v) is 3.99. The number of benzene rings is 4. The summed E-state index contributed by atoms with van der Waals surface area (Å²) < 4.78 is 0. The summed E-state index contributed by atoms with van der Waals surface area (Å²) in [7, 11) is 0. The van der Waals surface area contributed by atoms with Crippen molar-refractivity contribution in [3.63, 3.8) is 0 Å². The molecule has 4 rings (SSSR count). The maximum atomic E-state index is 12.2. The van der Waals surface area contributed by atoms with Gasteiger partial charge >= 0.3 is 5.97 Å². The first kappa shape index (κ1) is 18.5. The molecule has 0 spiro atoms. The van der Waals surface area contributed by atoms with E-state index in [1.54, 1.807) is 6.07 Å². The van der Waals surface area contributed by atoms with Crippen molar-refractivity contribution in [2.45, 2.75) is 5.41 Å². The monoisotopic (exact) mass is 379 g/mol. The highest BCUT2D eigenvalue weighted by atomic mass is 16.4. The molecule has 142 valence electrons. The predicted octanol–water partition coefficient (Wildman–Crippen LogP) is 4.84. The highest BCUT2D eigenvalue weighted by molar-refractivity contribution is 5.91. The summed E-state index contributed by atoms with van der Waals surface area (Å²) >= 11 is 0. The van der Waals surface area contributed by atoms with E-state index in [1.165, 1.54) is 12.1 Å². The Kier molecular flexibility index (Phi) is 4.88. The summed E-state index contributed by atoms with van der Waals surface area (Å²) in [5.41, 5.74) is 2.72. The highest BCUT2D eigenvalue weighted by Crippen LogP contribution is 2.45. The van der Waals surface area contributed by atoms with Gasteiger partial charge in [-0.1, -0.05) is 109 Å². The van der Waals surface area contributed by atoms with E-state index >= 15 is 0 Å². The number of aromatic carboxylic acids is 1. The van der Waals surface area contributed by atoms with E-state index in [-0.39, 0.29) is 5.56 Å². The van der Waals surface area contributed by atoms with Gasteiger partial charge in [0.15, 0.2) is 0 Å². The van der Waals surface area contributed by atoms with Gasteiger partial charge in [0.05, 0.1) is 11.0 Å². The topological polar surface area (TPSA) is 60.4 Å². The van der Waals surface area contributed by atoms with Crippen LogP contribution in [0, 0.1) is 0 Å². The predicted molar refractivity (Wildman–Crippen MR) is 111 cm³/mol. The van der Waals surface area contributed by atoms with Crippen LogP contribution in [0.25, 0.3) is 0 Å². The van der Waals surface area contributed by atoms with Gasteiger partial charge in [-0.25, -0.2) is 4.79 Å². The Hall–Kier alpha value is -3.85. The molecule has 0 aliphatic carbocycles. The summed E-state index contributed by atoms with van der Waals surface area (Å²) in [5.74, 6) is -1.72. The zero-order valence-electron chi connectivity index (χ0n) is 15.7. The lowest BCUT2D eigenvalue weighted by molar-refractivity contribution is -0.268. The molecule has 29 heavy (non-hydrogen) atoms. The van der Waals surface area contributed by atoms with Crippen molar-refractivity contribution in [1.29, 1.82) is 0 Å². The molecule has 0 aliphatic heterocycles. The molecule has 1 N–H and O–H groups in total. The number of hydrogen-bond acceptors (Lipinski definition) is 2. The Balaban J connectivity index is 2.15. The van der Waals surface area contributed by atoms with Gasteiger partial charge in [0.25, 0.3) is 0 Å².